The second kappa shape index (κ2) is 5.62. The molecule has 20 heavy (non-hydrogen) atoms. The molecule has 1 unspecified atom stereocenters. The van der Waals surface area contributed by atoms with Gasteiger partial charge in [-0.25, -0.2) is 4.79 Å². The van der Waals surface area contributed by atoms with E-state index in [-0.39, 0.29) is 6.03 Å². The molecule has 0 bridgehead atoms. The van der Waals surface area contributed by atoms with E-state index in [9.17, 15) is 4.79 Å². The van der Waals surface area contributed by atoms with Gasteiger partial charge in [0.05, 0.1) is 0 Å². The number of benzene rings is 1. The van der Waals surface area contributed by atoms with Crippen molar-refractivity contribution in [3.8, 4) is 0 Å². The predicted octanol–water partition coefficient (Wildman–Crippen LogP) is 2.95. The Morgan fingerprint density at radius 2 is 2.30 bits per heavy atom. The summed E-state index contributed by atoms with van der Waals surface area (Å²) in [5, 5.41) is 7.00. The van der Waals surface area contributed by atoms with E-state index in [1.807, 2.05) is 17.0 Å². The summed E-state index contributed by atoms with van der Waals surface area (Å²) in [5.41, 5.74) is 1.05. The summed E-state index contributed by atoms with van der Waals surface area (Å²) in [4.78, 5) is 14.3. The van der Waals surface area contributed by atoms with E-state index in [1.54, 1.807) is 12.1 Å². The lowest BCUT2D eigenvalue weighted by molar-refractivity contribution is 0.125. The number of amides is 2. The summed E-state index contributed by atoms with van der Waals surface area (Å²) in [6, 6.07) is 7.27. The van der Waals surface area contributed by atoms with Crippen LogP contribution in [0.3, 0.4) is 0 Å². The lowest BCUT2D eigenvalue weighted by atomic mass is 9.79. The van der Waals surface area contributed by atoms with Crippen molar-refractivity contribution in [3.05, 3.63) is 29.3 Å². The number of hydrogen-bond acceptors (Lipinski definition) is 2. The van der Waals surface area contributed by atoms with Crippen molar-refractivity contribution in [2.75, 3.05) is 31.5 Å². The van der Waals surface area contributed by atoms with Crippen molar-refractivity contribution in [2.45, 2.75) is 19.3 Å². The molecule has 2 aliphatic heterocycles. The Hall–Kier alpha value is -1.26. The summed E-state index contributed by atoms with van der Waals surface area (Å²) in [5.74, 6) is 0. The molecule has 5 heteroatoms. The number of piperidine rings is 1. The molecule has 1 atom stereocenters. The number of hydrogen-bond donors (Lipinski definition) is 2. The first-order valence-electron chi connectivity index (χ1n) is 7.19. The molecule has 0 saturated carbocycles. The lowest BCUT2D eigenvalue weighted by Crippen LogP contribution is -2.48. The minimum atomic E-state index is -0.0155. The first-order valence-corrected chi connectivity index (χ1v) is 7.57. The van der Waals surface area contributed by atoms with Gasteiger partial charge >= 0.3 is 6.03 Å². The standard InChI is InChI=1S/C15H20ClN3O/c16-12-3-1-4-13(9-12)18-14(20)19-8-2-5-15(11-19)6-7-17-10-15/h1,3-4,9,17H,2,5-8,10-11H2,(H,18,20). The van der Waals surface area contributed by atoms with Crippen molar-refractivity contribution < 1.29 is 4.79 Å². The molecule has 2 heterocycles. The van der Waals surface area contributed by atoms with Gasteiger partial charge in [0.15, 0.2) is 0 Å². The van der Waals surface area contributed by atoms with Crippen LogP contribution in [0.25, 0.3) is 0 Å². The van der Waals surface area contributed by atoms with E-state index in [0.717, 1.165) is 38.3 Å². The molecule has 1 spiro atoms. The number of anilines is 1. The number of rotatable bonds is 1. The Kier molecular flexibility index (Phi) is 3.85. The third kappa shape index (κ3) is 2.91. The van der Waals surface area contributed by atoms with E-state index >= 15 is 0 Å². The molecule has 0 aromatic heterocycles. The molecule has 0 aliphatic carbocycles. The first kappa shape index (κ1) is 13.7. The Morgan fingerprint density at radius 1 is 1.40 bits per heavy atom. The van der Waals surface area contributed by atoms with Gasteiger partial charge in [-0.15, -0.1) is 0 Å². The molecule has 2 aliphatic rings. The summed E-state index contributed by atoms with van der Waals surface area (Å²) >= 11 is 5.94. The van der Waals surface area contributed by atoms with Crippen LogP contribution in [0.2, 0.25) is 5.02 Å². The first-order chi connectivity index (χ1) is 9.67. The highest BCUT2D eigenvalue weighted by atomic mass is 35.5. The molecule has 4 nitrogen and oxygen atoms in total. The minimum absolute atomic E-state index is 0.0155. The molecular weight excluding hydrogens is 274 g/mol. The van der Waals surface area contributed by atoms with Crippen LogP contribution >= 0.6 is 11.6 Å². The lowest BCUT2D eigenvalue weighted by Gasteiger charge is -2.39. The van der Waals surface area contributed by atoms with Crippen LogP contribution in [0.15, 0.2) is 24.3 Å². The topological polar surface area (TPSA) is 44.4 Å². The minimum Gasteiger partial charge on any atom is -0.324 e. The largest absolute Gasteiger partial charge is 0.324 e. The number of carbonyl (C=O) groups excluding carboxylic acids is 1. The van der Waals surface area contributed by atoms with E-state index in [0.29, 0.717) is 10.4 Å². The molecule has 2 N–H and O–H groups in total. The molecule has 1 aromatic rings. The van der Waals surface area contributed by atoms with Crippen molar-refractivity contribution in [1.82, 2.24) is 10.2 Å². The van der Waals surface area contributed by atoms with Gasteiger partial charge in [-0.2, -0.15) is 0 Å². The molecule has 2 saturated heterocycles. The monoisotopic (exact) mass is 293 g/mol. The summed E-state index contributed by atoms with van der Waals surface area (Å²) in [6.07, 6.45) is 3.49. The van der Waals surface area contributed by atoms with Gasteiger partial charge in [-0.3, -0.25) is 0 Å². The molecule has 1 aromatic carbocycles. The summed E-state index contributed by atoms with van der Waals surface area (Å²) in [7, 11) is 0. The van der Waals surface area contributed by atoms with E-state index in [1.165, 1.54) is 12.8 Å². The maximum Gasteiger partial charge on any atom is 0.321 e. The highest BCUT2D eigenvalue weighted by molar-refractivity contribution is 6.30. The van der Waals surface area contributed by atoms with Gasteiger partial charge in [0.1, 0.15) is 0 Å². The maximum absolute atomic E-state index is 12.4. The fraction of sp³-hybridized carbons (Fsp3) is 0.533. The summed E-state index contributed by atoms with van der Waals surface area (Å²) < 4.78 is 0. The molecular formula is C15H20ClN3O. The van der Waals surface area contributed by atoms with Gasteiger partial charge in [-0.1, -0.05) is 17.7 Å². The molecule has 0 radical (unpaired) electrons. The number of carbonyl (C=O) groups is 1. The highest BCUT2D eigenvalue weighted by Crippen LogP contribution is 2.35. The van der Waals surface area contributed by atoms with Crippen LogP contribution in [-0.2, 0) is 0 Å². The predicted molar refractivity (Wildman–Crippen MR) is 81.2 cm³/mol. The molecule has 2 amide bonds. The Bertz CT molecular complexity index is 500. The zero-order valence-corrected chi connectivity index (χ0v) is 12.2. The Labute approximate surface area is 124 Å². The van der Waals surface area contributed by atoms with Crippen LogP contribution in [0.4, 0.5) is 10.5 Å². The van der Waals surface area contributed by atoms with Crippen LogP contribution < -0.4 is 10.6 Å². The number of likely N-dealkylation sites (tertiary alicyclic amines) is 1. The molecule has 2 fully saturated rings. The van der Waals surface area contributed by atoms with Crippen LogP contribution in [-0.4, -0.2) is 37.1 Å². The van der Waals surface area contributed by atoms with Crippen LogP contribution in [0, 0.1) is 5.41 Å². The van der Waals surface area contributed by atoms with Crippen molar-refractivity contribution in [1.29, 1.82) is 0 Å². The maximum atomic E-state index is 12.4. The quantitative estimate of drug-likeness (QED) is 0.836. The van der Waals surface area contributed by atoms with Gasteiger partial charge < -0.3 is 15.5 Å². The number of nitrogens with one attached hydrogen (secondary N) is 2. The zero-order chi connectivity index (χ0) is 14.0. The third-order valence-electron chi connectivity index (χ3n) is 4.36. The van der Waals surface area contributed by atoms with E-state index in [4.69, 9.17) is 11.6 Å². The van der Waals surface area contributed by atoms with Crippen molar-refractivity contribution in [3.63, 3.8) is 0 Å². The SMILES string of the molecule is O=C(Nc1cccc(Cl)c1)N1CCCC2(CCNC2)C1. The second-order valence-electron chi connectivity index (χ2n) is 5.89. The third-order valence-corrected chi connectivity index (χ3v) is 4.59. The van der Waals surface area contributed by atoms with Crippen LogP contribution in [0.1, 0.15) is 19.3 Å². The average Bonchev–Trinajstić information content (AvgIpc) is 2.87. The van der Waals surface area contributed by atoms with Gasteiger partial charge in [-0.05, 0) is 44.0 Å². The van der Waals surface area contributed by atoms with Gasteiger partial charge in [0.2, 0.25) is 0 Å². The fourth-order valence-electron chi connectivity index (χ4n) is 3.29. The zero-order valence-electron chi connectivity index (χ0n) is 11.5. The van der Waals surface area contributed by atoms with E-state index < -0.39 is 0 Å². The summed E-state index contributed by atoms with van der Waals surface area (Å²) in [6.45, 7) is 3.80. The second-order valence-corrected chi connectivity index (χ2v) is 6.33. The molecule has 3 rings (SSSR count). The van der Waals surface area contributed by atoms with Gasteiger partial charge in [0, 0.05) is 35.8 Å². The average molecular weight is 294 g/mol. The molecule has 108 valence electrons. The van der Waals surface area contributed by atoms with Crippen molar-refractivity contribution in [2.24, 2.45) is 5.41 Å². The number of urea groups is 1. The van der Waals surface area contributed by atoms with E-state index in [2.05, 4.69) is 10.6 Å². The smallest absolute Gasteiger partial charge is 0.321 e. The Morgan fingerprint density at radius 3 is 3.05 bits per heavy atom. The van der Waals surface area contributed by atoms with Crippen molar-refractivity contribution >= 4 is 23.3 Å². The normalized spacial score (nSPS) is 25.9. The Balaban J connectivity index is 1.65. The van der Waals surface area contributed by atoms with Crippen LogP contribution in [0.5, 0.6) is 0 Å². The fourth-order valence-corrected chi connectivity index (χ4v) is 3.48. The number of nitrogens with zero attached hydrogens (tertiary/aromatic N) is 1. The number of halogens is 1. The van der Waals surface area contributed by atoms with Gasteiger partial charge in [0.25, 0.3) is 0 Å². The highest BCUT2D eigenvalue weighted by Gasteiger charge is 2.39.